The van der Waals surface area contributed by atoms with Gasteiger partial charge in [-0.1, -0.05) is 13.0 Å². The van der Waals surface area contributed by atoms with Crippen LogP contribution in [0.5, 0.6) is 11.5 Å². The normalized spacial score (nSPS) is 12.8. The molecule has 1 aliphatic rings. The van der Waals surface area contributed by atoms with E-state index >= 15 is 0 Å². The van der Waals surface area contributed by atoms with Gasteiger partial charge in [-0.2, -0.15) is 0 Å². The number of aryl methyl sites for hydroxylation is 1. The van der Waals surface area contributed by atoms with E-state index in [2.05, 4.69) is 41.3 Å². The van der Waals surface area contributed by atoms with Crippen LogP contribution in [0.3, 0.4) is 0 Å². The summed E-state index contributed by atoms with van der Waals surface area (Å²) >= 11 is 0. The highest BCUT2D eigenvalue weighted by Crippen LogP contribution is 2.32. The molecule has 0 atom stereocenters. The standard InChI is InChI=1S/C16H20N2O2/c1-2-6-18-7-5-14(11-18)10-17-9-13-3-4-15-16(8-13)20-12-19-15/h3-5,7-8,11,17H,2,6,9-10,12H2,1H3. The molecule has 20 heavy (non-hydrogen) atoms. The summed E-state index contributed by atoms with van der Waals surface area (Å²) in [7, 11) is 0. The van der Waals surface area contributed by atoms with Gasteiger partial charge in [-0.15, -0.1) is 0 Å². The Hall–Kier alpha value is -1.94. The smallest absolute Gasteiger partial charge is 0.231 e. The number of hydrogen-bond acceptors (Lipinski definition) is 3. The van der Waals surface area contributed by atoms with Crippen LogP contribution in [0.25, 0.3) is 0 Å². The highest BCUT2D eigenvalue weighted by molar-refractivity contribution is 5.44. The lowest BCUT2D eigenvalue weighted by molar-refractivity contribution is 0.174. The Morgan fingerprint density at radius 3 is 2.85 bits per heavy atom. The first kappa shape index (κ1) is 13.1. The summed E-state index contributed by atoms with van der Waals surface area (Å²) in [4.78, 5) is 0. The van der Waals surface area contributed by atoms with Gasteiger partial charge in [0.1, 0.15) is 0 Å². The van der Waals surface area contributed by atoms with Crippen molar-refractivity contribution in [1.82, 2.24) is 9.88 Å². The topological polar surface area (TPSA) is 35.4 Å². The Bertz CT molecular complexity index is 578. The highest BCUT2D eigenvalue weighted by atomic mass is 16.7. The molecule has 3 rings (SSSR count). The molecule has 0 bridgehead atoms. The summed E-state index contributed by atoms with van der Waals surface area (Å²) in [5, 5.41) is 3.45. The third kappa shape index (κ3) is 2.96. The molecule has 1 aliphatic heterocycles. The van der Waals surface area contributed by atoms with Gasteiger partial charge in [-0.05, 0) is 35.7 Å². The molecule has 1 aromatic carbocycles. The van der Waals surface area contributed by atoms with Crippen molar-refractivity contribution >= 4 is 0 Å². The number of nitrogens with one attached hydrogen (secondary N) is 1. The summed E-state index contributed by atoms with van der Waals surface area (Å²) in [6, 6.07) is 8.25. The number of nitrogens with zero attached hydrogens (tertiary/aromatic N) is 1. The van der Waals surface area contributed by atoms with Crippen molar-refractivity contribution in [3.8, 4) is 11.5 Å². The lowest BCUT2D eigenvalue weighted by atomic mass is 10.2. The lowest BCUT2D eigenvalue weighted by Crippen LogP contribution is -2.12. The van der Waals surface area contributed by atoms with Crippen molar-refractivity contribution in [3.05, 3.63) is 47.8 Å². The summed E-state index contributed by atoms with van der Waals surface area (Å²) in [6.45, 7) is 5.32. The van der Waals surface area contributed by atoms with E-state index in [4.69, 9.17) is 9.47 Å². The number of rotatable bonds is 6. The molecule has 106 valence electrons. The zero-order chi connectivity index (χ0) is 13.8. The minimum atomic E-state index is 0.331. The molecule has 2 aromatic rings. The maximum Gasteiger partial charge on any atom is 0.231 e. The third-order valence-corrected chi connectivity index (χ3v) is 3.39. The Morgan fingerprint density at radius 1 is 1.10 bits per heavy atom. The molecule has 0 unspecified atom stereocenters. The molecule has 0 fully saturated rings. The molecular formula is C16H20N2O2. The highest BCUT2D eigenvalue weighted by Gasteiger charge is 2.12. The van der Waals surface area contributed by atoms with E-state index in [0.717, 1.165) is 31.1 Å². The molecule has 4 heteroatoms. The maximum absolute atomic E-state index is 5.38. The van der Waals surface area contributed by atoms with Gasteiger partial charge >= 0.3 is 0 Å². The maximum atomic E-state index is 5.38. The van der Waals surface area contributed by atoms with Crippen LogP contribution in [0.2, 0.25) is 0 Å². The molecule has 2 heterocycles. The van der Waals surface area contributed by atoms with Crippen LogP contribution in [0.15, 0.2) is 36.7 Å². The van der Waals surface area contributed by atoms with Crippen molar-refractivity contribution in [3.63, 3.8) is 0 Å². The average Bonchev–Trinajstić information content (AvgIpc) is 3.08. The molecule has 0 amide bonds. The van der Waals surface area contributed by atoms with Crippen molar-refractivity contribution in [1.29, 1.82) is 0 Å². The van der Waals surface area contributed by atoms with Crippen LogP contribution in [0.1, 0.15) is 24.5 Å². The van der Waals surface area contributed by atoms with Crippen molar-refractivity contribution in [2.75, 3.05) is 6.79 Å². The van der Waals surface area contributed by atoms with E-state index in [1.54, 1.807) is 0 Å². The summed E-state index contributed by atoms with van der Waals surface area (Å²) in [6.07, 6.45) is 5.51. The van der Waals surface area contributed by atoms with Crippen LogP contribution in [0, 0.1) is 0 Å². The van der Waals surface area contributed by atoms with Crippen molar-refractivity contribution in [2.24, 2.45) is 0 Å². The van der Waals surface area contributed by atoms with E-state index in [1.165, 1.54) is 17.5 Å². The second-order valence-corrected chi connectivity index (χ2v) is 5.05. The van der Waals surface area contributed by atoms with E-state index in [9.17, 15) is 0 Å². The van der Waals surface area contributed by atoms with E-state index in [0.29, 0.717) is 6.79 Å². The second-order valence-electron chi connectivity index (χ2n) is 5.05. The molecule has 4 nitrogen and oxygen atoms in total. The van der Waals surface area contributed by atoms with Crippen LogP contribution in [-0.2, 0) is 19.6 Å². The van der Waals surface area contributed by atoms with E-state index in [1.807, 2.05) is 12.1 Å². The molecule has 0 spiro atoms. The minimum Gasteiger partial charge on any atom is -0.454 e. The monoisotopic (exact) mass is 272 g/mol. The molecule has 0 saturated carbocycles. The number of aromatic nitrogens is 1. The van der Waals surface area contributed by atoms with Gasteiger partial charge in [0.25, 0.3) is 0 Å². The van der Waals surface area contributed by atoms with Gasteiger partial charge in [-0.3, -0.25) is 0 Å². The van der Waals surface area contributed by atoms with Crippen molar-refractivity contribution < 1.29 is 9.47 Å². The fraction of sp³-hybridized carbons (Fsp3) is 0.375. The molecule has 0 aliphatic carbocycles. The Labute approximate surface area is 119 Å². The zero-order valence-corrected chi connectivity index (χ0v) is 11.8. The predicted octanol–water partition coefficient (Wildman–Crippen LogP) is 2.92. The largest absolute Gasteiger partial charge is 0.454 e. The van der Waals surface area contributed by atoms with Crippen LogP contribution < -0.4 is 14.8 Å². The summed E-state index contributed by atoms with van der Waals surface area (Å²) < 4.78 is 12.9. The average molecular weight is 272 g/mol. The number of benzene rings is 1. The zero-order valence-electron chi connectivity index (χ0n) is 11.8. The van der Waals surface area contributed by atoms with Gasteiger partial charge in [0.2, 0.25) is 6.79 Å². The Balaban J connectivity index is 1.51. The summed E-state index contributed by atoms with van der Waals surface area (Å²) in [5.41, 5.74) is 2.53. The molecule has 0 radical (unpaired) electrons. The molecule has 0 saturated heterocycles. The predicted molar refractivity (Wildman–Crippen MR) is 77.8 cm³/mol. The third-order valence-electron chi connectivity index (χ3n) is 3.39. The van der Waals surface area contributed by atoms with Crippen LogP contribution in [0.4, 0.5) is 0 Å². The molecule has 1 aromatic heterocycles. The lowest BCUT2D eigenvalue weighted by Gasteiger charge is -2.05. The SMILES string of the molecule is CCCn1ccc(CNCc2ccc3c(c2)OCO3)c1. The number of ether oxygens (including phenoxy) is 2. The van der Waals surface area contributed by atoms with Crippen LogP contribution in [-0.4, -0.2) is 11.4 Å². The van der Waals surface area contributed by atoms with Gasteiger partial charge in [0.15, 0.2) is 11.5 Å². The first-order chi connectivity index (χ1) is 9.85. The fourth-order valence-electron chi connectivity index (χ4n) is 2.39. The Kier molecular flexibility index (Phi) is 3.92. The molecule has 1 N–H and O–H groups in total. The van der Waals surface area contributed by atoms with Gasteiger partial charge < -0.3 is 19.4 Å². The van der Waals surface area contributed by atoms with Crippen molar-refractivity contribution in [2.45, 2.75) is 33.0 Å². The molecular weight excluding hydrogens is 252 g/mol. The van der Waals surface area contributed by atoms with Crippen LogP contribution >= 0.6 is 0 Å². The van der Waals surface area contributed by atoms with Gasteiger partial charge in [0, 0.05) is 32.0 Å². The summed E-state index contributed by atoms with van der Waals surface area (Å²) in [5.74, 6) is 1.68. The quantitative estimate of drug-likeness (QED) is 0.878. The minimum absolute atomic E-state index is 0.331. The number of fused-ring (bicyclic) bond motifs is 1. The number of hydrogen-bond donors (Lipinski definition) is 1. The first-order valence-corrected chi connectivity index (χ1v) is 7.09. The van der Waals surface area contributed by atoms with E-state index in [-0.39, 0.29) is 0 Å². The van der Waals surface area contributed by atoms with Gasteiger partial charge in [-0.25, -0.2) is 0 Å². The second kappa shape index (κ2) is 6.01. The first-order valence-electron chi connectivity index (χ1n) is 7.09. The van der Waals surface area contributed by atoms with E-state index < -0.39 is 0 Å². The fourth-order valence-corrected chi connectivity index (χ4v) is 2.39. The Morgan fingerprint density at radius 2 is 1.95 bits per heavy atom. The van der Waals surface area contributed by atoms with Gasteiger partial charge in [0.05, 0.1) is 0 Å².